The summed E-state index contributed by atoms with van der Waals surface area (Å²) in [5, 5.41) is 8.64. The number of ether oxygens (including phenoxy) is 1. The Hall–Kier alpha value is -3.19. The average molecular weight is 423 g/mol. The van der Waals surface area contributed by atoms with E-state index >= 15 is 0 Å². The molecule has 0 atom stereocenters. The van der Waals surface area contributed by atoms with Crippen molar-refractivity contribution in [1.82, 2.24) is 10.2 Å². The zero-order valence-corrected chi connectivity index (χ0v) is 18.6. The number of carbonyl (C=O) groups excluding carboxylic acids is 2. The number of carbonyl (C=O) groups is 2. The van der Waals surface area contributed by atoms with Crippen molar-refractivity contribution in [3.05, 3.63) is 59.2 Å². The van der Waals surface area contributed by atoms with E-state index in [1.807, 2.05) is 70.4 Å². The number of likely N-dealkylation sites (N-methyl/N-ethyl adjacent to an activating group) is 1. The molecular weight excluding hydrogens is 392 g/mol. The van der Waals surface area contributed by atoms with Gasteiger partial charge < -0.3 is 15.0 Å². The van der Waals surface area contributed by atoms with Crippen LogP contribution in [-0.2, 0) is 16.1 Å². The largest absolute Gasteiger partial charge is 0.492 e. The minimum absolute atomic E-state index is 0.102. The molecule has 0 aromatic heterocycles. The van der Waals surface area contributed by atoms with Crippen LogP contribution in [0.3, 0.4) is 0 Å². The first kappa shape index (κ1) is 22.5. The molecule has 1 aliphatic rings. The lowest BCUT2D eigenvalue weighted by Crippen LogP contribution is -2.39. The van der Waals surface area contributed by atoms with E-state index in [0.717, 1.165) is 34.7 Å². The number of hydrogen-bond donors (Lipinski definition) is 1. The van der Waals surface area contributed by atoms with Crippen LogP contribution in [0.5, 0.6) is 5.75 Å². The van der Waals surface area contributed by atoms with Gasteiger partial charge in [0.25, 0.3) is 5.91 Å². The number of amides is 2. The Morgan fingerprint density at radius 1 is 1.13 bits per heavy atom. The van der Waals surface area contributed by atoms with Crippen molar-refractivity contribution in [2.75, 3.05) is 32.3 Å². The SMILES string of the molecule is Cc1ccc(C)c(N2N=C(C(=O)NCc3ccc(OCCN(C)C)cc3)CCC2=O)c1. The van der Waals surface area contributed by atoms with Crippen molar-refractivity contribution >= 4 is 23.2 Å². The van der Waals surface area contributed by atoms with Gasteiger partial charge in [0, 0.05) is 25.9 Å². The summed E-state index contributed by atoms with van der Waals surface area (Å²) in [5.41, 5.74) is 4.03. The molecule has 0 fully saturated rings. The lowest BCUT2D eigenvalue weighted by molar-refractivity contribution is -0.119. The molecule has 2 aromatic rings. The number of nitrogens with zero attached hydrogens (tertiary/aromatic N) is 3. The summed E-state index contributed by atoms with van der Waals surface area (Å²) in [7, 11) is 4.01. The Balaban J connectivity index is 1.61. The second-order valence-corrected chi connectivity index (χ2v) is 8.02. The summed E-state index contributed by atoms with van der Waals surface area (Å²) in [6.45, 7) is 5.75. The van der Waals surface area contributed by atoms with Crippen molar-refractivity contribution in [1.29, 1.82) is 0 Å². The van der Waals surface area contributed by atoms with Crippen molar-refractivity contribution in [3.63, 3.8) is 0 Å². The molecule has 2 amide bonds. The molecule has 0 unspecified atom stereocenters. The van der Waals surface area contributed by atoms with Crippen LogP contribution in [0.4, 0.5) is 5.69 Å². The van der Waals surface area contributed by atoms with Gasteiger partial charge in [-0.3, -0.25) is 9.59 Å². The maximum Gasteiger partial charge on any atom is 0.267 e. The molecule has 0 radical (unpaired) electrons. The standard InChI is InChI=1S/C24H30N4O3/c1-17-5-6-18(2)22(15-17)28-23(29)12-11-21(26-28)24(30)25-16-19-7-9-20(10-8-19)31-14-13-27(3)4/h5-10,15H,11-14,16H2,1-4H3,(H,25,30). The molecule has 1 heterocycles. The molecule has 0 saturated heterocycles. The molecular formula is C24H30N4O3. The second-order valence-electron chi connectivity index (χ2n) is 8.02. The van der Waals surface area contributed by atoms with Crippen LogP contribution in [-0.4, -0.2) is 49.7 Å². The van der Waals surface area contributed by atoms with Gasteiger partial charge in [-0.05, 0) is 62.8 Å². The molecule has 7 heteroatoms. The van der Waals surface area contributed by atoms with Gasteiger partial charge in [-0.2, -0.15) is 5.10 Å². The molecule has 31 heavy (non-hydrogen) atoms. The van der Waals surface area contributed by atoms with Gasteiger partial charge in [0.1, 0.15) is 18.1 Å². The van der Waals surface area contributed by atoms with Crippen molar-refractivity contribution in [3.8, 4) is 5.75 Å². The molecule has 0 bridgehead atoms. The Morgan fingerprint density at radius 2 is 1.87 bits per heavy atom. The monoisotopic (exact) mass is 422 g/mol. The van der Waals surface area contributed by atoms with Gasteiger partial charge in [0.2, 0.25) is 5.91 Å². The van der Waals surface area contributed by atoms with Crippen LogP contribution < -0.4 is 15.1 Å². The van der Waals surface area contributed by atoms with Crippen LogP contribution in [0, 0.1) is 13.8 Å². The molecule has 2 aromatic carbocycles. The lowest BCUT2D eigenvalue weighted by Gasteiger charge is -2.24. The third kappa shape index (κ3) is 6.15. The summed E-state index contributed by atoms with van der Waals surface area (Å²) < 4.78 is 5.69. The molecule has 0 saturated carbocycles. The number of rotatable bonds is 8. The molecule has 1 N–H and O–H groups in total. The number of anilines is 1. The fourth-order valence-electron chi connectivity index (χ4n) is 3.19. The second kappa shape index (κ2) is 10.2. The van der Waals surface area contributed by atoms with E-state index in [1.165, 1.54) is 5.01 Å². The third-order valence-electron chi connectivity index (χ3n) is 5.07. The number of benzene rings is 2. The van der Waals surface area contributed by atoms with Crippen LogP contribution in [0.25, 0.3) is 0 Å². The lowest BCUT2D eigenvalue weighted by atomic mass is 10.1. The highest BCUT2D eigenvalue weighted by atomic mass is 16.5. The summed E-state index contributed by atoms with van der Waals surface area (Å²) in [6.07, 6.45) is 0.600. The summed E-state index contributed by atoms with van der Waals surface area (Å²) in [4.78, 5) is 27.2. The Bertz CT molecular complexity index is 967. The van der Waals surface area contributed by atoms with Crippen LogP contribution in [0.1, 0.15) is 29.5 Å². The first-order valence-electron chi connectivity index (χ1n) is 10.5. The molecule has 164 valence electrons. The van der Waals surface area contributed by atoms with Gasteiger partial charge in [-0.15, -0.1) is 0 Å². The fraction of sp³-hybridized carbons (Fsp3) is 0.375. The van der Waals surface area contributed by atoms with Crippen LogP contribution in [0.15, 0.2) is 47.6 Å². The minimum atomic E-state index is -0.255. The van der Waals surface area contributed by atoms with E-state index in [1.54, 1.807) is 0 Å². The highest BCUT2D eigenvalue weighted by Gasteiger charge is 2.26. The number of nitrogens with one attached hydrogen (secondary N) is 1. The van der Waals surface area contributed by atoms with Crippen molar-refractivity contribution < 1.29 is 14.3 Å². The predicted octanol–water partition coefficient (Wildman–Crippen LogP) is 3.04. The van der Waals surface area contributed by atoms with E-state index in [4.69, 9.17) is 4.74 Å². The predicted molar refractivity (Wildman–Crippen MR) is 122 cm³/mol. The van der Waals surface area contributed by atoms with Gasteiger partial charge in [0.15, 0.2) is 0 Å². The number of aryl methyl sites for hydroxylation is 2. The highest BCUT2D eigenvalue weighted by molar-refractivity contribution is 6.40. The third-order valence-corrected chi connectivity index (χ3v) is 5.07. The molecule has 3 rings (SSSR count). The van der Waals surface area contributed by atoms with E-state index in [-0.39, 0.29) is 18.2 Å². The zero-order valence-electron chi connectivity index (χ0n) is 18.6. The van der Waals surface area contributed by atoms with Gasteiger partial charge in [0.05, 0.1) is 5.69 Å². The van der Waals surface area contributed by atoms with E-state index < -0.39 is 0 Å². The summed E-state index contributed by atoms with van der Waals surface area (Å²) in [5.74, 6) is 0.445. The number of hydrazone groups is 1. The first-order chi connectivity index (χ1) is 14.8. The van der Waals surface area contributed by atoms with Crippen LogP contribution in [0.2, 0.25) is 0 Å². The average Bonchev–Trinajstić information content (AvgIpc) is 2.75. The summed E-state index contributed by atoms with van der Waals surface area (Å²) in [6, 6.07) is 13.5. The quantitative estimate of drug-likeness (QED) is 0.710. The summed E-state index contributed by atoms with van der Waals surface area (Å²) >= 11 is 0. The normalized spacial score (nSPS) is 13.9. The molecule has 0 spiro atoms. The van der Waals surface area contributed by atoms with E-state index in [9.17, 15) is 9.59 Å². The Morgan fingerprint density at radius 3 is 2.58 bits per heavy atom. The highest BCUT2D eigenvalue weighted by Crippen LogP contribution is 2.25. The van der Waals surface area contributed by atoms with Gasteiger partial charge in [-0.1, -0.05) is 24.3 Å². The van der Waals surface area contributed by atoms with Crippen molar-refractivity contribution in [2.45, 2.75) is 33.2 Å². The molecule has 1 aliphatic heterocycles. The van der Waals surface area contributed by atoms with Crippen molar-refractivity contribution in [2.24, 2.45) is 5.10 Å². The first-order valence-corrected chi connectivity index (χ1v) is 10.5. The van der Waals surface area contributed by atoms with E-state index in [2.05, 4.69) is 15.3 Å². The van der Waals surface area contributed by atoms with Gasteiger partial charge in [-0.25, -0.2) is 5.01 Å². The topological polar surface area (TPSA) is 74.2 Å². The van der Waals surface area contributed by atoms with Gasteiger partial charge >= 0.3 is 0 Å². The van der Waals surface area contributed by atoms with Crippen LogP contribution >= 0.6 is 0 Å². The number of hydrogen-bond acceptors (Lipinski definition) is 5. The fourth-order valence-corrected chi connectivity index (χ4v) is 3.19. The molecule has 7 nitrogen and oxygen atoms in total. The van der Waals surface area contributed by atoms with E-state index in [0.29, 0.717) is 25.3 Å². The zero-order chi connectivity index (χ0) is 22.4. The Kier molecular flexibility index (Phi) is 7.41. The smallest absolute Gasteiger partial charge is 0.267 e. The molecule has 0 aliphatic carbocycles. The maximum atomic E-state index is 12.7. The maximum absolute atomic E-state index is 12.7. The minimum Gasteiger partial charge on any atom is -0.492 e. The Labute approximate surface area is 183 Å².